The van der Waals surface area contributed by atoms with Gasteiger partial charge in [0.15, 0.2) is 11.5 Å². The van der Waals surface area contributed by atoms with Gasteiger partial charge in [0.05, 0.1) is 13.2 Å². The molecule has 1 N–H and O–H groups in total. The molecule has 1 atom stereocenters. The second-order valence-electron chi connectivity index (χ2n) is 4.52. The third-order valence-corrected chi connectivity index (χ3v) is 3.29. The van der Waals surface area contributed by atoms with Gasteiger partial charge in [-0.25, -0.2) is 0 Å². The Balaban J connectivity index is 1.75. The van der Waals surface area contributed by atoms with E-state index in [9.17, 15) is 4.79 Å². The van der Waals surface area contributed by atoms with Crippen LogP contribution in [0, 0.1) is 0 Å². The van der Waals surface area contributed by atoms with Crippen LogP contribution in [0.5, 0.6) is 11.5 Å². The predicted octanol–water partition coefficient (Wildman–Crippen LogP) is 0.367. The number of nitrogens with zero attached hydrogens (tertiary/aromatic N) is 1. The molecule has 19 heavy (non-hydrogen) atoms. The first-order valence-corrected chi connectivity index (χ1v) is 6.24. The largest absolute Gasteiger partial charge is 0.454 e. The van der Waals surface area contributed by atoms with Crippen molar-refractivity contribution in [1.29, 1.82) is 0 Å². The summed E-state index contributed by atoms with van der Waals surface area (Å²) < 4.78 is 15.9. The molecule has 0 saturated carbocycles. The Labute approximate surface area is 111 Å². The van der Waals surface area contributed by atoms with E-state index in [2.05, 4.69) is 5.32 Å². The van der Waals surface area contributed by atoms with E-state index >= 15 is 0 Å². The highest BCUT2D eigenvalue weighted by Gasteiger charge is 2.26. The number of likely N-dealkylation sites (N-methyl/N-ethyl adjacent to an activating group) is 1. The van der Waals surface area contributed by atoms with Gasteiger partial charge in [-0.2, -0.15) is 0 Å². The first-order valence-electron chi connectivity index (χ1n) is 6.24. The van der Waals surface area contributed by atoms with Crippen molar-refractivity contribution in [3.05, 3.63) is 18.2 Å². The Hall–Kier alpha value is -1.79. The smallest absolute Gasteiger partial charge is 0.246 e. The van der Waals surface area contributed by atoms with E-state index in [1.54, 1.807) is 11.9 Å². The lowest BCUT2D eigenvalue weighted by Crippen LogP contribution is -2.51. The van der Waals surface area contributed by atoms with Crippen molar-refractivity contribution in [2.24, 2.45) is 0 Å². The van der Waals surface area contributed by atoms with Crippen LogP contribution in [0.2, 0.25) is 0 Å². The number of hydrogen-bond donors (Lipinski definition) is 1. The Morgan fingerprint density at radius 3 is 3.00 bits per heavy atom. The SMILES string of the molecule is CN(C(=O)C1COCCN1)c1ccc2c(c1)OCO2. The van der Waals surface area contributed by atoms with Crippen LogP contribution in [0.1, 0.15) is 0 Å². The molecule has 2 aliphatic heterocycles. The molecule has 6 heteroatoms. The third-order valence-electron chi connectivity index (χ3n) is 3.29. The van der Waals surface area contributed by atoms with Gasteiger partial charge >= 0.3 is 0 Å². The minimum Gasteiger partial charge on any atom is -0.454 e. The van der Waals surface area contributed by atoms with Gasteiger partial charge in [0.1, 0.15) is 6.04 Å². The summed E-state index contributed by atoms with van der Waals surface area (Å²) in [6, 6.07) is 5.18. The molecule has 2 heterocycles. The molecule has 1 aromatic rings. The maximum absolute atomic E-state index is 12.3. The Kier molecular flexibility index (Phi) is 3.27. The summed E-state index contributed by atoms with van der Waals surface area (Å²) in [4.78, 5) is 13.9. The van der Waals surface area contributed by atoms with Gasteiger partial charge in [0, 0.05) is 25.3 Å². The quantitative estimate of drug-likeness (QED) is 0.836. The van der Waals surface area contributed by atoms with E-state index in [1.807, 2.05) is 18.2 Å². The monoisotopic (exact) mass is 264 g/mol. The average molecular weight is 264 g/mol. The van der Waals surface area contributed by atoms with Gasteiger partial charge < -0.3 is 24.4 Å². The van der Waals surface area contributed by atoms with Crippen molar-refractivity contribution in [3.63, 3.8) is 0 Å². The lowest BCUT2D eigenvalue weighted by Gasteiger charge is -2.27. The van der Waals surface area contributed by atoms with Gasteiger partial charge in [-0.3, -0.25) is 4.79 Å². The Morgan fingerprint density at radius 1 is 1.37 bits per heavy atom. The standard InChI is InChI=1S/C13H16N2O4/c1-15(13(16)10-7-17-5-4-14-10)9-2-3-11-12(6-9)19-8-18-11/h2-3,6,10,14H,4-5,7-8H2,1H3. The molecule has 1 unspecified atom stereocenters. The normalized spacial score (nSPS) is 21.2. The number of nitrogens with one attached hydrogen (secondary N) is 1. The number of anilines is 1. The predicted molar refractivity (Wildman–Crippen MR) is 68.6 cm³/mol. The number of hydrogen-bond acceptors (Lipinski definition) is 5. The highest BCUT2D eigenvalue weighted by molar-refractivity contribution is 5.97. The molecule has 0 bridgehead atoms. The fraction of sp³-hybridized carbons (Fsp3) is 0.462. The molecule has 3 rings (SSSR count). The van der Waals surface area contributed by atoms with Crippen LogP contribution in [-0.4, -0.2) is 45.5 Å². The number of rotatable bonds is 2. The maximum atomic E-state index is 12.3. The summed E-state index contributed by atoms with van der Waals surface area (Å²) in [5.74, 6) is 1.37. The van der Waals surface area contributed by atoms with E-state index in [-0.39, 0.29) is 18.7 Å². The number of ether oxygens (including phenoxy) is 3. The molecule has 2 aliphatic rings. The highest BCUT2D eigenvalue weighted by atomic mass is 16.7. The lowest BCUT2D eigenvalue weighted by molar-refractivity contribution is -0.123. The molecule has 1 amide bonds. The second-order valence-corrected chi connectivity index (χ2v) is 4.52. The van der Waals surface area contributed by atoms with Crippen LogP contribution in [0.15, 0.2) is 18.2 Å². The van der Waals surface area contributed by atoms with Gasteiger partial charge in [0.2, 0.25) is 12.7 Å². The van der Waals surface area contributed by atoms with E-state index < -0.39 is 0 Å². The summed E-state index contributed by atoms with van der Waals surface area (Å²) in [7, 11) is 1.75. The lowest BCUT2D eigenvalue weighted by atomic mass is 10.2. The number of morpholine rings is 1. The van der Waals surface area contributed by atoms with Crippen molar-refractivity contribution in [2.45, 2.75) is 6.04 Å². The van der Waals surface area contributed by atoms with Crippen molar-refractivity contribution in [1.82, 2.24) is 5.32 Å². The first kappa shape index (κ1) is 12.3. The summed E-state index contributed by atoms with van der Waals surface area (Å²) in [5.41, 5.74) is 0.779. The summed E-state index contributed by atoms with van der Waals surface area (Å²) in [6.45, 7) is 1.99. The number of carbonyl (C=O) groups excluding carboxylic acids is 1. The summed E-state index contributed by atoms with van der Waals surface area (Å²) in [6.07, 6.45) is 0. The van der Waals surface area contributed by atoms with Gasteiger partial charge in [-0.1, -0.05) is 0 Å². The fourth-order valence-corrected chi connectivity index (χ4v) is 2.18. The summed E-state index contributed by atoms with van der Waals surface area (Å²) in [5, 5.41) is 3.15. The van der Waals surface area contributed by atoms with Crippen LogP contribution < -0.4 is 19.7 Å². The molecular formula is C13H16N2O4. The summed E-state index contributed by atoms with van der Waals surface area (Å²) >= 11 is 0. The van der Waals surface area contributed by atoms with Crippen LogP contribution in [-0.2, 0) is 9.53 Å². The average Bonchev–Trinajstić information content (AvgIpc) is 2.94. The minimum absolute atomic E-state index is 0.0152. The van der Waals surface area contributed by atoms with E-state index in [0.29, 0.717) is 31.3 Å². The molecule has 0 spiro atoms. The zero-order valence-electron chi connectivity index (χ0n) is 10.7. The molecule has 1 fully saturated rings. The van der Waals surface area contributed by atoms with E-state index in [4.69, 9.17) is 14.2 Å². The van der Waals surface area contributed by atoms with Gasteiger partial charge in [-0.05, 0) is 12.1 Å². The number of benzene rings is 1. The first-order chi connectivity index (χ1) is 9.25. The van der Waals surface area contributed by atoms with Crippen molar-refractivity contribution in [3.8, 4) is 11.5 Å². The molecule has 1 saturated heterocycles. The Bertz CT molecular complexity index is 486. The van der Waals surface area contributed by atoms with Crippen LogP contribution in [0.25, 0.3) is 0 Å². The molecule has 102 valence electrons. The van der Waals surface area contributed by atoms with Crippen LogP contribution >= 0.6 is 0 Å². The van der Waals surface area contributed by atoms with Gasteiger partial charge in [0.25, 0.3) is 0 Å². The van der Waals surface area contributed by atoms with Crippen molar-refractivity contribution in [2.75, 3.05) is 38.5 Å². The minimum atomic E-state index is -0.288. The molecule has 1 aromatic carbocycles. The van der Waals surface area contributed by atoms with Crippen LogP contribution in [0.3, 0.4) is 0 Å². The number of fused-ring (bicyclic) bond motifs is 1. The zero-order valence-corrected chi connectivity index (χ0v) is 10.7. The highest BCUT2D eigenvalue weighted by Crippen LogP contribution is 2.35. The molecule has 0 aliphatic carbocycles. The fourth-order valence-electron chi connectivity index (χ4n) is 2.18. The molecule has 6 nitrogen and oxygen atoms in total. The third kappa shape index (κ3) is 2.36. The zero-order chi connectivity index (χ0) is 13.2. The maximum Gasteiger partial charge on any atom is 0.246 e. The van der Waals surface area contributed by atoms with Crippen molar-refractivity contribution < 1.29 is 19.0 Å². The second kappa shape index (κ2) is 5.07. The van der Waals surface area contributed by atoms with Gasteiger partial charge in [-0.15, -0.1) is 0 Å². The van der Waals surface area contributed by atoms with Crippen molar-refractivity contribution >= 4 is 11.6 Å². The topological polar surface area (TPSA) is 60.0 Å². The number of amides is 1. The molecule has 0 radical (unpaired) electrons. The van der Waals surface area contributed by atoms with Crippen LogP contribution in [0.4, 0.5) is 5.69 Å². The van der Waals surface area contributed by atoms with E-state index in [1.165, 1.54) is 0 Å². The molecule has 0 aromatic heterocycles. The Morgan fingerprint density at radius 2 is 2.21 bits per heavy atom. The van der Waals surface area contributed by atoms with E-state index in [0.717, 1.165) is 5.69 Å². The molecular weight excluding hydrogens is 248 g/mol. The number of carbonyl (C=O) groups is 1.